The number of nitrogens with two attached hydrogens (primary N) is 1. The molecule has 4 N–H and O–H groups in total. The Morgan fingerprint density at radius 3 is 2.84 bits per heavy atom. The molecule has 1 atom stereocenters. The van der Waals surface area contributed by atoms with Gasteiger partial charge in [0.25, 0.3) is 0 Å². The van der Waals surface area contributed by atoms with Gasteiger partial charge in [-0.25, -0.2) is 4.98 Å². The van der Waals surface area contributed by atoms with Gasteiger partial charge in [0.2, 0.25) is 17.7 Å². The Morgan fingerprint density at radius 2 is 2.26 bits per heavy atom. The van der Waals surface area contributed by atoms with Crippen LogP contribution in [0.1, 0.15) is 18.5 Å². The van der Waals surface area contributed by atoms with Gasteiger partial charge < -0.3 is 16.4 Å². The normalized spacial score (nSPS) is 18.8. The van der Waals surface area contributed by atoms with Crippen molar-refractivity contribution in [2.45, 2.75) is 25.8 Å². The third kappa shape index (κ3) is 2.87. The molecule has 1 aliphatic heterocycles. The lowest BCUT2D eigenvalue weighted by Crippen LogP contribution is -2.42. The Morgan fingerprint density at radius 1 is 1.53 bits per heavy atom. The summed E-state index contributed by atoms with van der Waals surface area (Å²) in [5, 5.41) is 16.7. The summed E-state index contributed by atoms with van der Waals surface area (Å²) in [6.07, 6.45) is 0.969. The lowest BCUT2D eigenvalue weighted by molar-refractivity contribution is -0.385. The number of amides is 1. The molecule has 2 heterocycles. The summed E-state index contributed by atoms with van der Waals surface area (Å²) in [6, 6.07) is -0.106. The van der Waals surface area contributed by atoms with E-state index in [9.17, 15) is 14.9 Å². The number of rotatable bonds is 3. The topological polar surface area (TPSA) is 136 Å². The first-order valence-electron chi connectivity index (χ1n) is 5.79. The molecule has 1 aliphatic rings. The van der Waals surface area contributed by atoms with Gasteiger partial charge in [-0.3, -0.25) is 14.9 Å². The zero-order valence-electron chi connectivity index (χ0n) is 10.3. The number of nitrogens with one attached hydrogen (secondary N) is 2. The molecule has 2 rings (SSSR count). The van der Waals surface area contributed by atoms with Crippen molar-refractivity contribution in [1.82, 2.24) is 15.3 Å². The summed E-state index contributed by atoms with van der Waals surface area (Å²) in [5.74, 6) is 0.0486. The Hall–Kier alpha value is -2.45. The van der Waals surface area contributed by atoms with Gasteiger partial charge in [0.15, 0.2) is 0 Å². The van der Waals surface area contributed by atoms with Crippen LogP contribution < -0.4 is 16.4 Å². The number of aromatic nitrogens is 2. The molecule has 19 heavy (non-hydrogen) atoms. The average Bonchev–Trinajstić information content (AvgIpc) is 2.30. The SMILES string of the molecule is Cc1nc(N)nc(NC2CCC(=O)NC2)c1[N+](=O)[O-]. The van der Waals surface area contributed by atoms with E-state index in [4.69, 9.17) is 5.73 Å². The highest BCUT2D eigenvalue weighted by Crippen LogP contribution is 2.27. The van der Waals surface area contributed by atoms with Gasteiger partial charge >= 0.3 is 5.69 Å². The van der Waals surface area contributed by atoms with E-state index in [1.54, 1.807) is 0 Å². The molecule has 0 saturated carbocycles. The average molecular weight is 266 g/mol. The van der Waals surface area contributed by atoms with Crippen molar-refractivity contribution < 1.29 is 9.72 Å². The zero-order valence-corrected chi connectivity index (χ0v) is 10.3. The minimum absolute atomic E-state index is 0.0223. The molecule has 0 spiro atoms. The first-order valence-corrected chi connectivity index (χ1v) is 5.79. The highest BCUT2D eigenvalue weighted by molar-refractivity contribution is 5.77. The maximum atomic E-state index is 11.1. The first-order chi connectivity index (χ1) is 8.97. The van der Waals surface area contributed by atoms with E-state index in [0.29, 0.717) is 19.4 Å². The number of nitrogens with zero attached hydrogens (tertiary/aromatic N) is 3. The number of hydrogen-bond donors (Lipinski definition) is 3. The zero-order chi connectivity index (χ0) is 14.0. The molecule has 0 aliphatic carbocycles. The van der Waals surface area contributed by atoms with Crippen molar-refractivity contribution in [1.29, 1.82) is 0 Å². The van der Waals surface area contributed by atoms with Gasteiger partial charge in [0.05, 0.1) is 4.92 Å². The molecular weight excluding hydrogens is 252 g/mol. The molecule has 1 saturated heterocycles. The van der Waals surface area contributed by atoms with Crippen LogP contribution in [0.2, 0.25) is 0 Å². The van der Waals surface area contributed by atoms with Crippen molar-refractivity contribution in [2.75, 3.05) is 17.6 Å². The second-order valence-electron chi connectivity index (χ2n) is 4.31. The predicted molar refractivity (Wildman–Crippen MR) is 67.5 cm³/mol. The maximum absolute atomic E-state index is 11.1. The Kier molecular flexibility index (Phi) is 3.45. The molecule has 0 aromatic carbocycles. The fourth-order valence-electron chi connectivity index (χ4n) is 1.96. The van der Waals surface area contributed by atoms with E-state index in [-0.39, 0.29) is 35.1 Å². The van der Waals surface area contributed by atoms with Crippen LogP contribution in [0.15, 0.2) is 0 Å². The molecule has 1 unspecified atom stereocenters. The van der Waals surface area contributed by atoms with Crippen LogP contribution in [0.3, 0.4) is 0 Å². The van der Waals surface area contributed by atoms with Gasteiger partial charge in [-0.2, -0.15) is 4.98 Å². The van der Waals surface area contributed by atoms with Crippen LogP contribution in [-0.4, -0.2) is 33.4 Å². The van der Waals surface area contributed by atoms with Crippen LogP contribution in [-0.2, 0) is 4.79 Å². The number of nitrogen functional groups attached to an aromatic ring is 1. The number of carbonyl (C=O) groups is 1. The fraction of sp³-hybridized carbons (Fsp3) is 0.500. The molecule has 9 nitrogen and oxygen atoms in total. The first kappa shape index (κ1) is 13.0. The molecule has 0 radical (unpaired) electrons. The minimum Gasteiger partial charge on any atom is -0.368 e. The Labute approximate surface area is 108 Å². The van der Waals surface area contributed by atoms with Gasteiger partial charge in [0, 0.05) is 19.0 Å². The maximum Gasteiger partial charge on any atom is 0.332 e. The smallest absolute Gasteiger partial charge is 0.332 e. The van der Waals surface area contributed by atoms with Crippen LogP contribution >= 0.6 is 0 Å². The van der Waals surface area contributed by atoms with E-state index in [2.05, 4.69) is 20.6 Å². The number of nitro groups is 1. The number of hydrogen-bond acceptors (Lipinski definition) is 7. The summed E-state index contributed by atoms with van der Waals surface area (Å²) in [5.41, 5.74) is 5.52. The lowest BCUT2D eigenvalue weighted by atomic mass is 10.1. The van der Waals surface area contributed by atoms with E-state index in [0.717, 1.165) is 0 Å². The van der Waals surface area contributed by atoms with E-state index >= 15 is 0 Å². The molecule has 1 amide bonds. The van der Waals surface area contributed by atoms with E-state index in [1.165, 1.54) is 6.92 Å². The van der Waals surface area contributed by atoms with Crippen molar-refractivity contribution >= 4 is 23.4 Å². The molecule has 102 valence electrons. The largest absolute Gasteiger partial charge is 0.368 e. The molecule has 1 aromatic heterocycles. The molecule has 1 aromatic rings. The van der Waals surface area contributed by atoms with E-state index < -0.39 is 4.92 Å². The molecular formula is C10H14N6O3. The highest BCUT2D eigenvalue weighted by atomic mass is 16.6. The fourth-order valence-corrected chi connectivity index (χ4v) is 1.96. The summed E-state index contributed by atoms with van der Waals surface area (Å²) < 4.78 is 0. The van der Waals surface area contributed by atoms with Crippen molar-refractivity contribution in [3.63, 3.8) is 0 Å². The molecule has 1 fully saturated rings. The lowest BCUT2D eigenvalue weighted by Gasteiger charge is -2.23. The summed E-state index contributed by atoms with van der Waals surface area (Å²) in [4.78, 5) is 29.2. The summed E-state index contributed by atoms with van der Waals surface area (Å²) in [7, 11) is 0. The summed E-state index contributed by atoms with van der Waals surface area (Å²) in [6.45, 7) is 1.91. The third-order valence-electron chi connectivity index (χ3n) is 2.86. The summed E-state index contributed by atoms with van der Waals surface area (Å²) >= 11 is 0. The van der Waals surface area contributed by atoms with Crippen LogP contribution in [0.4, 0.5) is 17.5 Å². The third-order valence-corrected chi connectivity index (χ3v) is 2.86. The molecule has 0 bridgehead atoms. The number of carbonyl (C=O) groups excluding carboxylic acids is 1. The number of aryl methyl sites for hydroxylation is 1. The highest BCUT2D eigenvalue weighted by Gasteiger charge is 2.25. The van der Waals surface area contributed by atoms with Crippen LogP contribution in [0.25, 0.3) is 0 Å². The Balaban J connectivity index is 2.24. The quantitative estimate of drug-likeness (QED) is 0.516. The minimum atomic E-state index is -0.543. The van der Waals surface area contributed by atoms with Gasteiger partial charge in [-0.05, 0) is 13.3 Å². The second-order valence-corrected chi connectivity index (χ2v) is 4.31. The van der Waals surface area contributed by atoms with Gasteiger partial charge in [-0.15, -0.1) is 0 Å². The number of anilines is 2. The van der Waals surface area contributed by atoms with Crippen LogP contribution in [0, 0.1) is 17.0 Å². The standard InChI is InChI=1S/C10H14N6O3/c1-5-8(16(18)19)9(15-10(11)13-5)14-6-2-3-7(17)12-4-6/h6H,2-4H2,1H3,(H,12,17)(H3,11,13,14,15). The van der Waals surface area contributed by atoms with Crippen molar-refractivity contribution in [2.24, 2.45) is 0 Å². The molecule has 9 heteroatoms. The van der Waals surface area contributed by atoms with Crippen molar-refractivity contribution in [3.8, 4) is 0 Å². The van der Waals surface area contributed by atoms with E-state index in [1.807, 2.05) is 0 Å². The van der Waals surface area contributed by atoms with Gasteiger partial charge in [-0.1, -0.05) is 0 Å². The van der Waals surface area contributed by atoms with Crippen molar-refractivity contribution in [3.05, 3.63) is 15.8 Å². The number of piperidine rings is 1. The predicted octanol–water partition coefficient (Wildman–Crippen LogP) is -0.0341. The van der Waals surface area contributed by atoms with Gasteiger partial charge in [0.1, 0.15) is 5.69 Å². The Bertz CT molecular complexity index is 522. The second kappa shape index (κ2) is 5.04. The monoisotopic (exact) mass is 266 g/mol. The van der Waals surface area contributed by atoms with Crippen LogP contribution in [0.5, 0.6) is 0 Å².